The van der Waals surface area contributed by atoms with Crippen molar-refractivity contribution < 1.29 is 14.3 Å². The maximum absolute atomic E-state index is 12.9. The van der Waals surface area contributed by atoms with Gasteiger partial charge in [-0.05, 0) is 30.3 Å². The fourth-order valence-corrected chi connectivity index (χ4v) is 4.29. The number of thiocarbonyl (C=S) groups is 1. The Morgan fingerprint density at radius 3 is 2.85 bits per heavy atom. The Balaban J connectivity index is 1.48. The molecule has 132 valence electrons. The van der Waals surface area contributed by atoms with Crippen LogP contribution in [0.5, 0.6) is 11.5 Å². The maximum atomic E-state index is 12.9. The van der Waals surface area contributed by atoms with E-state index in [1.165, 1.54) is 16.7 Å². The third kappa shape index (κ3) is 2.85. The van der Waals surface area contributed by atoms with Gasteiger partial charge < -0.3 is 9.47 Å². The van der Waals surface area contributed by atoms with Crippen molar-refractivity contribution in [1.29, 1.82) is 0 Å². The Kier molecular flexibility index (Phi) is 3.84. The molecule has 2 aliphatic heterocycles. The number of fused-ring (bicyclic) bond motifs is 2. The van der Waals surface area contributed by atoms with Gasteiger partial charge in [-0.15, -0.1) is 0 Å². The molecule has 0 spiro atoms. The highest BCUT2D eigenvalue weighted by atomic mass is 32.2. The van der Waals surface area contributed by atoms with Crippen LogP contribution in [0.1, 0.15) is 5.69 Å². The second-order valence-electron chi connectivity index (χ2n) is 5.98. The van der Waals surface area contributed by atoms with E-state index >= 15 is 0 Å². The molecule has 1 saturated heterocycles. The normalized spacial score (nSPS) is 17.3. The predicted molar refractivity (Wildman–Crippen MR) is 110 cm³/mol. The van der Waals surface area contributed by atoms with E-state index in [1.54, 1.807) is 24.3 Å². The van der Waals surface area contributed by atoms with E-state index in [-0.39, 0.29) is 12.7 Å². The third-order valence-electron chi connectivity index (χ3n) is 4.31. The van der Waals surface area contributed by atoms with Crippen molar-refractivity contribution in [3.8, 4) is 11.5 Å². The van der Waals surface area contributed by atoms with Gasteiger partial charge in [-0.3, -0.25) is 9.69 Å². The number of anilines is 1. The number of thioether (sulfide) groups is 1. The van der Waals surface area contributed by atoms with Crippen LogP contribution in [-0.4, -0.2) is 22.0 Å². The topological polar surface area (TPSA) is 51.7 Å². The average Bonchev–Trinajstić information content (AvgIpc) is 3.25. The van der Waals surface area contributed by atoms with Crippen LogP contribution in [0, 0.1) is 0 Å². The number of hydrogen-bond acceptors (Lipinski definition) is 6. The molecule has 0 N–H and O–H groups in total. The fraction of sp³-hybridized carbons (Fsp3) is 0.0500. The zero-order chi connectivity index (χ0) is 18.4. The molecular weight excluding hydrogens is 380 g/mol. The molecule has 7 heteroatoms. The van der Waals surface area contributed by atoms with Crippen LogP contribution in [0.4, 0.5) is 5.69 Å². The smallest absolute Gasteiger partial charge is 0.270 e. The Morgan fingerprint density at radius 1 is 1.07 bits per heavy atom. The fourth-order valence-electron chi connectivity index (χ4n) is 3.01. The summed E-state index contributed by atoms with van der Waals surface area (Å²) in [6.45, 7) is 0.185. The number of carbonyl (C=O) groups is 1. The highest BCUT2D eigenvalue weighted by Gasteiger charge is 2.34. The van der Waals surface area contributed by atoms with E-state index in [1.807, 2.05) is 36.4 Å². The van der Waals surface area contributed by atoms with Crippen LogP contribution in [0.25, 0.3) is 17.0 Å². The van der Waals surface area contributed by atoms with Crippen LogP contribution < -0.4 is 14.4 Å². The van der Waals surface area contributed by atoms with Gasteiger partial charge in [-0.25, -0.2) is 4.98 Å². The lowest BCUT2D eigenvalue weighted by atomic mass is 10.2. The van der Waals surface area contributed by atoms with Crippen molar-refractivity contribution >= 4 is 56.9 Å². The van der Waals surface area contributed by atoms with Crippen LogP contribution in [-0.2, 0) is 4.79 Å². The molecule has 0 radical (unpaired) electrons. The van der Waals surface area contributed by atoms with E-state index in [2.05, 4.69) is 4.98 Å². The lowest BCUT2D eigenvalue weighted by Gasteiger charge is -2.14. The molecule has 0 atom stereocenters. The number of hydrogen-bond donors (Lipinski definition) is 0. The molecule has 2 aromatic carbocycles. The van der Waals surface area contributed by atoms with Gasteiger partial charge in [-0.2, -0.15) is 0 Å². The highest BCUT2D eigenvalue weighted by molar-refractivity contribution is 8.27. The number of pyridine rings is 1. The van der Waals surface area contributed by atoms with Crippen LogP contribution >= 0.6 is 24.0 Å². The minimum atomic E-state index is -0.168. The molecule has 1 amide bonds. The first-order valence-corrected chi connectivity index (χ1v) is 9.45. The first kappa shape index (κ1) is 16.3. The van der Waals surface area contributed by atoms with Crippen molar-refractivity contribution in [3.05, 3.63) is 65.2 Å². The van der Waals surface area contributed by atoms with Crippen LogP contribution in [0.3, 0.4) is 0 Å². The second-order valence-corrected chi connectivity index (χ2v) is 7.66. The highest BCUT2D eigenvalue weighted by Crippen LogP contribution is 2.40. The van der Waals surface area contributed by atoms with Crippen molar-refractivity contribution in [2.75, 3.05) is 11.7 Å². The Morgan fingerprint density at radius 2 is 1.93 bits per heavy atom. The van der Waals surface area contributed by atoms with Crippen LogP contribution in [0.2, 0.25) is 0 Å². The van der Waals surface area contributed by atoms with Gasteiger partial charge in [0, 0.05) is 11.5 Å². The summed E-state index contributed by atoms with van der Waals surface area (Å²) in [7, 11) is 0. The molecule has 0 saturated carbocycles. The summed E-state index contributed by atoms with van der Waals surface area (Å²) in [5.41, 5.74) is 2.27. The maximum Gasteiger partial charge on any atom is 0.270 e. The summed E-state index contributed by atoms with van der Waals surface area (Å²) < 4.78 is 11.2. The lowest BCUT2D eigenvalue weighted by Crippen LogP contribution is -2.27. The number of aromatic nitrogens is 1. The van der Waals surface area contributed by atoms with Crippen molar-refractivity contribution in [3.63, 3.8) is 0 Å². The quantitative estimate of drug-likeness (QED) is 0.477. The Bertz CT molecular complexity index is 1140. The number of benzene rings is 2. The van der Waals surface area contributed by atoms with Gasteiger partial charge in [0.05, 0.1) is 21.8 Å². The van der Waals surface area contributed by atoms with E-state index in [4.69, 9.17) is 21.7 Å². The Hall–Kier alpha value is -2.90. The molecule has 1 aromatic heterocycles. The molecular formula is C20H12N2O3S2. The summed E-state index contributed by atoms with van der Waals surface area (Å²) in [6, 6.07) is 17.1. The van der Waals surface area contributed by atoms with E-state index < -0.39 is 0 Å². The summed E-state index contributed by atoms with van der Waals surface area (Å²) in [6.07, 6.45) is 1.78. The largest absolute Gasteiger partial charge is 0.454 e. The zero-order valence-corrected chi connectivity index (χ0v) is 15.5. The van der Waals surface area contributed by atoms with E-state index in [0.717, 1.165) is 16.6 Å². The van der Waals surface area contributed by atoms with Gasteiger partial charge >= 0.3 is 0 Å². The van der Waals surface area contributed by atoms with Gasteiger partial charge in [-0.1, -0.05) is 48.2 Å². The van der Waals surface area contributed by atoms with Crippen molar-refractivity contribution in [2.24, 2.45) is 0 Å². The number of rotatable bonds is 2. The van der Waals surface area contributed by atoms with E-state index in [0.29, 0.717) is 26.4 Å². The summed E-state index contributed by atoms with van der Waals surface area (Å²) >= 11 is 6.70. The molecule has 27 heavy (non-hydrogen) atoms. The molecule has 2 aliphatic rings. The first-order chi connectivity index (χ1) is 13.2. The molecule has 0 bridgehead atoms. The predicted octanol–water partition coefficient (Wildman–Crippen LogP) is 4.37. The van der Waals surface area contributed by atoms with Gasteiger partial charge in [0.2, 0.25) is 6.79 Å². The molecule has 3 heterocycles. The molecule has 5 nitrogen and oxygen atoms in total. The number of carbonyl (C=O) groups excluding carboxylic acids is 1. The second kappa shape index (κ2) is 6.37. The minimum Gasteiger partial charge on any atom is -0.454 e. The molecule has 0 unspecified atom stereocenters. The Labute approximate surface area is 164 Å². The third-order valence-corrected chi connectivity index (χ3v) is 5.61. The molecule has 5 rings (SSSR count). The van der Waals surface area contributed by atoms with Crippen molar-refractivity contribution in [1.82, 2.24) is 4.98 Å². The SMILES string of the molecule is O=C1/C(=C/c2ccc3ccccc3n2)SC(=S)N1c1ccc2c(c1)OCO2. The number of amides is 1. The van der Waals surface area contributed by atoms with Gasteiger partial charge in [0.25, 0.3) is 5.91 Å². The standard InChI is InChI=1S/C20H12N2O3S2/c23-19-18(9-13-6-5-12-3-1-2-4-15(12)21-13)27-20(26)22(19)14-7-8-16-17(10-14)25-11-24-16/h1-10H,11H2/b18-9-. The van der Waals surface area contributed by atoms with E-state index in [9.17, 15) is 4.79 Å². The first-order valence-electron chi connectivity index (χ1n) is 8.22. The minimum absolute atomic E-state index is 0.168. The molecule has 3 aromatic rings. The lowest BCUT2D eigenvalue weighted by molar-refractivity contribution is -0.113. The summed E-state index contributed by atoms with van der Waals surface area (Å²) in [5.74, 6) is 1.11. The van der Waals surface area contributed by atoms with Gasteiger partial charge in [0.1, 0.15) is 0 Å². The zero-order valence-electron chi connectivity index (χ0n) is 13.9. The number of para-hydroxylation sites is 1. The number of nitrogens with zero attached hydrogens (tertiary/aromatic N) is 2. The van der Waals surface area contributed by atoms with Crippen LogP contribution in [0.15, 0.2) is 59.5 Å². The molecule has 0 aliphatic carbocycles. The monoisotopic (exact) mass is 392 g/mol. The average molecular weight is 392 g/mol. The molecule has 1 fully saturated rings. The summed E-state index contributed by atoms with van der Waals surface area (Å²) in [4.78, 5) is 19.6. The summed E-state index contributed by atoms with van der Waals surface area (Å²) in [5, 5.41) is 1.06. The van der Waals surface area contributed by atoms with Crippen molar-refractivity contribution in [2.45, 2.75) is 0 Å². The van der Waals surface area contributed by atoms with Gasteiger partial charge in [0.15, 0.2) is 15.8 Å². The number of ether oxygens (including phenoxy) is 2.